The highest BCUT2D eigenvalue weighted by Crippen LogP contribution is 2.39. The zero-order valence-electron chi connectivity index (χ0n) is 9.92. The summed E-state index contributed by atoms with van der Waals surface area (Å²) in [4.78, 5) is 3.75. The van der Waals surface area contributed by atoms with Crippen LogP contribution in [-0.2, 0) is 10.0 Å². The molecule has 0 spiro atoms. The van der Waals surface area contributed by atoms with Crippen LogP contribution >= 0.6 is 22.9 Å². The van der Waals surface area contributed by atoms with Gasteiger partial charge in [-0.05, 0) is 26.7 Å². The lowest BCUT2D eigenvalue weighted by atomic mass is 10.1. The van der Waals surface area contributed by atoms with Gasteiger partial charge in [-0.2, -0.15) is 9.57 Å². The van der Waals surface area contributed by atoms with Gasteiger partial charge in [-0.15, -0.1) is 0 Å². The van der Waals surface area contributed by atoms with Crippen molar-refractivity contribution in [3.63, 3.8) is 0 Å². The van der Waals surface area contributed by atoms with Crippen molar-refractivity contribution in [3.8, 4) is 6.07 Å². The Hall–Kier alpha value is -0.680. The number of hydrogen-bond donors (Lipinski definition) is 0. The van der Waals surface area contributed by atoms with Crippen molar-refractivity contribution in [1.82, 2.24) is 9.29 Å². The van der Waals surface area contributed by atoms with Gasteiger partial charge in [0.25, 0.3) is 10.0 Å². The van der Waals surface area contributed by atoms with Crippen LogP contribution in [-0.4, -0.2) is 29.3 Å². The van der Waals surface area contributed by atoms with Crippen LogP contribution in [0.25, 0.3) is 0 Å². The van der Waals surface area contributed by atoms with E-state index < -0.39 is 15.6 Å². The zero-order valence-corrected chi connectivity index (χ0v) is 12.3. The predicted molar refractivity (Wildman–Crippen MR) is 68.9 cm³/mol. The highest BCUT2D eigenvalue weighted by atomic mass is 35.5. The number of nitriles is 1. The molecule has 1 heterocycles. The highest BCUT2D eigenvalue weighted by Gasteiger charge is 2.47. The van der Waals surface area contributed by atoms with Gasteiger partial charge in [0.05, 0.1) is 12.3 Å². The normalized spacial score (nSPS) is 16.8. The first-order valence-corrected chi connectivity index (χ1v) is 7.99. The molecule has 0 aromatic carbocycles. The molecule has 1 saturated carbocycles. The van der Waals surface area contributed by atoms with E-state index in [9.17, 15) is 8.42 Å². The summed E-state index contributed by atoms with van der Waals surface area (Å²) in [6.07, 6.45) is 2.82. The third-order valence-electron chi connectivity index (χ3n) is 2.67. The monoisotopic (exact) mass is 305 g/mol. The molecule has 1 fully saturated rings. The molecule has 0 atom stereocenters. The summed E-state index contributed by atoms with van der Waals surface area (Å²) < 4.78 is 26.6. The molecule has 18 heavy (non-hydrogen) atoms. The lowest BCUT2D eigenvalue weighted by Crippen LogP contribution is -2.47. The largest absolute Gasteiger partial charge is 0.255 e. The maximum atomic E-state index is 12.5. The number of hydrogen-bond acceptors (Lipinski definition) is 5. The van der Waals surface area contributed by atoms with Gasteiger partial charge in [-0.1, -0.05) is 22.9 Å². The van der Waals surface area contributed by atoms with Crippen LogP contribution in [0.2, 0.25) is 4.47 Å². The lowest BCUT2D eigenvalue weighted by molar-refractivity contribution is 0.281. The summed E-state index contributed by atoms with van der Waals surface area (Å²) in [5.74, 6) is 0. The Kier molecular flexibility index (Phi) is 3.40. The van der Waals surface area contributed by atoms with Crippen molar-refractivity contribution < 1.29 is 8.42 Å². The Morgan fingerprint density at radius 1 is 1.61 bits per heavy atom. The molecule has 1 aliphatic rings. The van der Waals surface area contributed by atoms with Crippen LogP contribution in [0.3, 0.4) is 0 Å². The first-order chi connectivity index (χ1) is 8.29. The topological polar surface area (TPSA) is 74.1 Å². The fraction of sp³-hybridized carbons (Fsp3) is 0.600. The molecule has 0 radical (unpaired) electrons. The summed E-state index contributed by atoms with van der Waals surface area (Å²) in [6, 6.07) is 1.95. The molecule has 2 rings (SSSR count). The smallest absolute Gasteiger partial charge is 0.232 e. The minimum atomic E-state index is -3.70. The Bertz CT molecular complexity index is 599. The number of halogens is 1. The molecule has 98 valence electrons. The number of aromatic nitrogens is 1. The SMILES string of the molecule is CC(C)(C#N)N(C1CC1)S(=O)(=O)c1cnc(Cl)s1. The average Bonchev–Trinajstić information content (AvgIpc) is 2.98. The van der Waals surface area contributed by atoms with Crippen molar-refractivity contribution >= 4 is 33.0 Å². The number of nitrogens with zero attached hydrogens (tertiary/aromatic N) is 3. The summed E-state index contributed by atoms with van der Waals surface area (Å²) >= 11 is 6.58. The maximum absolute atomic E-state index is 12.5. The zero-order chi connectivity index (χ0) is 13.6. The molecule has 0 unspecified atom stereocenters. The van der Waals surface area contributed by atoms with E-state index in [0.29, 0.717) is 0 Å². The molecule has 0 amide bonds. The predicted octanol–water partition coefficient (Wildman–Crippen LogP) is 2.25. The van der Waals surface area contributed by atoms with Crippen LogP contribution in [0.1, 0.15) is 26.7 Å². The molecular formula is C10H12ClN3O2S2. The highest BCUT2D eigenvalue weighted by molar-refractivity contribution is 7.91. The van der Waals surface area contributed by atoms with Gasteiger partial charge in [0.1, 0.15) is 5.54 Å². The van der Waals surface area contributed by atoms with E-state index in [1.54, 1.807) is 13.8 Å². The minimum Gasteiger partial charge on any atom is -0.232 e. The summed E-state index contributed by atoms with van der Waals surface area (Å²) in [7, 11) is -3.70. The van der Waals surface area contributed by atoms with E-state index in [-0.39, 0.29) is 14.7 Å². The van der Waals surface area contributed by atoms with Gasteiger partial charge >= 0.3 is 0 Å². The van der Waals surface area contributed by atoms with Gasteiger partial charge < -0.3 is 0 Å². The molecule has 1 aromatic heterocycles. The molecule has 5 nitrogen and oxygen atoms in total. The minimum absolute atomic E-state index is 0.0859. The molecule has 0 N–H and O–H groups in total. The van der Waals surface area contributed by atoms with Gasteiger partial charge in [-0.3, -0.25) is 0 Å². The standard InChI is InChI=1S/C10H12ClN3O2S2/c1-10(2,6-12)14(7-3-4-7)18(15,16)8-5-13-9(11)17-8/h5,7H,3-4H2,1-2H3. The van der Waals surface area contributed by atoms with Crippen LogP contribution in [0.4, 0.5) is 0 Å². The van der Waals surface area contributed by atoms with E-state index >= 15 is 0 Å². The van der Waals surface area contributed by atoms with Crippen LogP contribution in [0, 0.1) is 11.3 Å². The van der Waals surface area contributed by atoms with E-state index in [0.717, 1.165) is 24.2 Å². The first-order valence-electron chi connectivity index (χ1n) is 5.36. The van der Waals surface area contributed by atoms with Crippen molar-refractivity contribution in [2.75, 3.05) is 0 Å². The number of rotatable bonds is 4. The van der Waals surface area contributed by atoms with Crippen molar-refractivity contribution in [3.05, 3.63) is 10.7 Å². The molecule has 1 aliphatic carbocycles. The van der Waals surface area contributed by atoms with Crippen LogP contribution in [0.15, 0.2) is 10.4 Å². The maximum Gasteiger partial charge on any atom is 0.255 e. The third-order valence-corrected chi connectivity index (χ3v) is 6.35. The second-order valence-electron chi connectivity index (χ2n) is 4.64. The number of sulfonamides is 1. The van der Waals surface area contributed by atoms with Crippen molar-refractivity contribution in [1.29, 1.82) is 5.26 Å². The Morgan fingerprint density at radius 2 is 2.22 bits per heavy atom. The summed E-state index contributed by atoms with van der Waals surface area (Å²) in [5.41, 5.74) is -1.07. The third kappa shape index (κ3) is 2.38. The molecular weight excluding hydrogens is 294 g/mol. The molecule has 8 heteroatoms. The van der Waals surface area contributed by atoms with Gasteiger partial charge in [0, 0.05) is 6.04 Å². The fourth-order valence-electron chi connectivity index (χ4n) is 1.77. The molecule has 0 bridgehead atoms. The van der Waals surface area contributed by atoms with Gasteiger partial charge in [-0.25, -0.2) is 13.4 Å². The number of thiazole rings is 1. The van der Waals surface area contributed by atoms with E-state index in [1.807, 2.05) is 6.07 Å². The fourth-order valence-corrected chi connectivity index (χ4v) is 5.10. The van der Waals surface area contributed by atoms with E-state index in [4.69, 9.17) is 16.9 Å². The van der Waals surface area contributed by atoms with Gasteiger partial charge in [0.2, 0.25) is 0 Å². The van der Waals surface area contributed by atoms with Crippen LogP contribution < -0.4 is 0 Å². The van der Waals surface area contributed by atoms with Crippen LogP contribution in [0.5, 0.6) is 0 Å². The summed E-state index contributed by atoms with van der Waals surface area (Å²) in [5, 5.41) is 9.16. The van der Waals surface area contributed by atoms with Crippen molar-refractivity contribution in [2.24, 2.45) is 0 Å². The second-order valence-corrected chi connectivity index (χ2v) is 8.29. The quantitative estimate of drug-likeness (QED) is 0.855. The second kappa shape index (κ2) is 4.46. The Morgan fingerprint density at radius 3 is 2.61 bits per heavy atom. The van der Waals surface area contributed by atoms with Gasteiger partial charge in [0.15, 0.2) is 8.68 Å². The Labute approximate surface area is 115 Å². The molecule has 0 saturated heterocycles. The molecule has 0 aliphatic heterocycles. The van der Waals surface area contributed by atoms with E-state index in [2.05, 4.69) is 4.98 Å². The first kappa shape index (κ1) is 13.7. The van der Waals surface area contributed by atoms with E-state index in [1.165, 1.54) is 10.5 Å². The Balaban J connectivity index is 2.47. The average molecular weight is 306 g/mol. The summed E-state index contributed by atoms with van der Waals surface area (Å²) in [6.45, 7) is 3.21. The van der Waals surface area contributed by atoms with Crippen molar-refractivity contribution in [2.45, 2.75) is 42.5 Å². The lowest BCUT2D eigenvalue weighted by Gasteiger charge is -2.31. The molecule has 1 aromatic rings.